The number of ether oxygens (including phenoxy) is 2. The quantitative estimate of drug-likeness (QED) is 0.486. The Bertz CT molecular complexity index is 1320. The molecule has 0 saturated carbocycles. The Balaban J connectivity index is 1.48. The molecule has 0 aromatic heterocycles. The molecule has 0 spiro atoms. The molecule has 2 aliphatic rings. The molecule has 2 heterocycles. The van der Waals surface area contributed by atoms with Crippen molar-refractivity contribution in [2.45, 2.75) is 32.4 Å². The maximum atomic E-state index is 13.6. The minimum Gasteiger partial charge on any atom is -0.486 e. The summed E-state index contributed by atoms with van der Waals surface area (Å²) in [5.74, 6) is 0.201. The van der Waals surface area contributed by atoms with Gasteiger partial charge >= 0.3 is 0 Å². The number of halogens is 1. The predicted octanol–water partition coefficient (Wildman–Crippen LogP) is 4.84. The second kappa shape index (κ2) is 8.56. The SMILES string of the molecule is Cc1ccc(CN2C(=O)[C@@](O)(CC(=O)c3ccc4c(c3)OCCO4)c3cc(Br)ccc32)c(C)c1. The summed E-state index contributed by atoms with van der Waals surface area (Å²) in [5.41, 5.74) is 2.59. The van der Waals surface area contributed by atoms with Gasteiger partial charge in [0.25, 0.3) is 5.91 Å². The van der Waals surface area contributed by atoms with Crippen molar-refractivity contribution in [3.8, 4) is 11.5 Å². The summed E-state index contributed by atoms with van der Waals surface area (Å²) in [6.45, 7) is 5.19. The number of carbonyl (C=O) groups excluding carboxylic acids is 2. The highest BCUT2D eigenvalue weighted by atomic mass is 79.9. The monoisotopic (exact) mass is 521 g/mol. The molecule has 2 aliphatic heterocycles. The van der Waals surface area contributed by atoms with Crippen LogP contribution < -0.4 is 14.4 Å². The van der Waals surface area contributed by atoms with Gasteiger partial charge in [-0.05, 0) is 61.4 Å². The zero-order valence-electron chi connectivity index (χ0n) is 18.9. The standard InChI is InChI=1S/C27H24BrNO5/c1-16-3-4-19(17(2)11-16)15-29-22-7-6-20(28)13-21(22)27(32,26(29)31)14-23(30)18-5-8-24-25(12-18)34-10-9-33-24/h3-8,11-13,32H,9-10,14-15H2,1-2H3/t27-/m1/s1. The lowest BCUT2D eigenvalue weighted by Gasteiger charge is -2.24. The summed E-state index contributed by atoms with van der Waals surface area (Å²) in [4.78, 5) is 28.5. The molecule has 6 nitrogen and oxygen atoms in total. The number of hydrogen-bond acceptors (Lipinski definition) is 5. The Morgan fingerprint density at radius 3 is 2.56 bits per heavy atom. The first-order chi connectivity index (χ1) is 16.3. The van der Waals surface area contributed by atoms with E-state index in [4.69, 9.17) is 9.47 Å². The van der Waals surface area contributed by atoms with E-state index in [0.717, 1.165) is 21.2 Å². The molecule has 7 heteroatoms. The molecule has 0 fully saturated rings. The number of aliphatic hydroxyl groups is 1. The van der Waals surface area contributed by atoms with E-state index in [2.05, 4.69) is 22.0 Å². The molecule has 3 aromatic carbocycles. The van der Waals surface area contributed by atoms with Crippen molar-refractivity contribution < 1.29 is 24.2 Å². The molecule has 1 amide bonds. The van der Waals surface area contributed by atoms with E-state index in [1.807, 2.05) is 32.0 Å². The van der Waals surface area contributed by atoms with Gasteiger partial charge in [-0.2, -0.15) is 0 Å². The molecule has 0 bridgehead atoms. The molecule has 5 rings (SSSR count). The fourth-order valence-electron chi connectivity index (χ4n) is 4.60. The first kappa shape index (κ1) is 22.6. The largest absolute Gasteiger partial charge is 0.486 e. The van der Waals surface area contributed by atoms with Gasteiger partial charge in [0.15, 0.2) is 22.9 Å². The van der Waals surface area contributed by atoms with Gasteiger partial charge < -0.3 is 19.5 Å². The number of amides is 1. The Morgan fingerprint density at radius 1 is 1.03 bits per heavy atom. The van der Waals surface area contributed by atoms with Crippen LogP contribution in [0.2, 0.25) is 0 Å². The summed E-state index contributed by atoms with van der Waals surface area (Å²) >= 11 is 3.44. The smallest absolute Gasteiger partial charge is 0.264 e. The van der Waals surface area contributed by atoms with E-state index in [1.165, 1.54) is 0 Å². The first-order valence-electron chi connectivity index (χ1n) is 11.1. The van der Waals surface area contributed by atoms with Crippen molar-refractivity contribution in [2.24, 2.45) is 0 Å². The van der Waals surface area contributed by atoms with Crippen LogP contribution in [0.3, 0.4) is 0 Å². The minimum atomic E-state index is -1.97. The van der Waals surface area contributed by atoms with Gasteiger partial charge in [-0.15, -0.1) is 0 Å². The van der Waals surface area contributed by atoms with Gasteiger partial charge in [-0.25, -0.2) is 0 Å². The van der Waals surface area contributed by atoms with E-state index >= 15 is 0 Å². The van der Waals surface area contributed by atoms with Crippen LogP contribution in [0.25, 0.3) is 0 Å². The van der Waals surface area contributed by atoms with E-state index in [1.54, 1.807) is 35.2 Å². The molecule has 0 unspecified atom stereocenters. The van der Waals surface area contributed by atoms with Crippen molar-refractivity contribution >= 4 is 33.3 Å². The zero-order valence-corrected chi connectivity index (χ0v) is 20.5. The zero-order chi connectivity index (χ0) is 24.0. The predicted molar refractivity (Wildman–Crippen MR) is 132 cm³/mol. The van der Waals surface area contributed by atoms with Crippen LogP contribution in [0.5, 0.6) is 11.5 Å². The highest BCUT2D eigenvalue weighted by Gasteiger charge is 2.51. The van der Waals surface area contributed by atoms with Gasteiger partial charge in [0.2, 0.25) is 0 Å². The summed E-state index contributed by atoms with van der Waals surface area (Å²) in [6, 6.07) is 16.3. The Labute approximate surface area is 206 Å². The van der Waals surface area contributed by atoms with Crippen LogP contribution in [-0.2, 0) is 16.9 Å². The summed E-state index contributed by atoms with van der Waals surface area (Å²) in [5, 5.41) is 11.7. The second-order valence-corrected chi connectivity index (χ2v) is 9.72. The lowest BCUT2D eigenvalue weighted by molar-refractivity contribution is -0.136. The third-order valence-corrected chi connectivity index (χ3v) is 6.89. The van der Waals surface area contributed by atoms with Crippen molar-refractivity contribution in [3.63, 3.8) is 0 Å². The summed E-state index contributed by atoms with van der Waals surface area (Å²) < 4.78 is 11.8. The van der Waals surface area contributed by atoms with E-state index in [0.29, 0.717) is 48.1 Å². The van der Waals surface area contributed by atoms with E-state index in [9.17, 15) is 14.7 Å². The molecule has 1 N–H and O–H groups in total. The highest BCUT2D eigenvalue weighted by Crippen LogP contribution is 2.45. The molecule has 0 radical (unpaired) electrons. The van der Waals surface area contributed by atoms with Gasteiger partial charge in [0, 0.05) is 15.6 Å². The van der Waals surface area contributed by atoms with Crippen LogP contribution in [0.1, 0.15) is 39.0 Å². The lowest BCUT2D eigenvalue weighted by Crippen LogP contribution is -2.41. The average molecular weight is 522 g/mol. The average Bonchev–Trinajstić information content (AvgIpc) is 3.01. The summed E-state index contributed by atoms with van der Waals surface area (Å²) in [7, 11) is 0. The third kappa shape index (κ3) is 3.89. The molecule has 0 saturated heterocycles. The van der Waals surface area contributed by atoms with Crippen LogP contribution in [0.15, 0.2) is 59.1 Å². The van der Waals surface area contributed by atoms with Crippen molar-refractivity contribution in [3.05, 3.63) is 86.9 Å². The Hall–Kier alpha value is -3.16. The van der Waals surface area contributed by atoms with Crippen molar-refractivity contribution in [2.75, 3.05) is 18.1 Å². The second-order valence-electron chi connectivity index (χ2n) is 8.80. The van der Waals surface area contributed by atoms with Gasteiger partial charge in [0.05, 0.1) is 18.7 Å². The molecular formula is C27H24BrNO5. The van der Waals surface area contributed by atoms with Crippen LogP contribution >= 0.6 is 15.9 Å². The Morgan fingerprint density at radius 2 is 1.79 bits per heavy atom. The van der Waals surface area contributed by atoms with Gasteiger partial charge in [-0.3, -0.25) is 9.59 Å². The van der Waals surface area contributed by atoms with Crippen LogP contribution in [0.4, 0.5) is 5.69 Å². The number of nitrogens with zero attached hydrogens (tertiary/aromatic N) is 1. The number of hydrogen-bond donors (Lipinski definition) is 1. The number of anilines is 1. The number of fused-ring (bicyclic) bond motifs is 2. The van der Waals surface area contributed by atoms with Gasteiger partial charge in [-0.1, -0.05) is 39.7 Å². The molecule has 34 heavy (non-hydrogen) atoms. The third-order valence-electron chi connectivity index (χ3n) is 6.40. The topological polar surface area (TPSA) is 76.1 Å². The first-order valence-corrected chi connectivity index (χ1v) is 11.9. The fourth-order valence-corrected chi connectivity index (χ4v) is 4.96. The van der Waals surface area contributed by atoms with E-state index in [-0.39, 0.29) is 12.2 Å². The fraction of sp³-hybridized carbons (Fsp3) is 0.259. The molecule has 174 valence electrons. The minimum absolute atomic E-state index is 0.306. The molecule has 0 aliphatic carbocycles. The van der Waals surface area contributed by atoms with Crippen molar-refractivity contribution in [1.82, 2.24) is 0 Å². The van der Waals surface area contributed by atoms with Crippen LogP contribution in [-0.4, -0.2) is 30.0 Å². The number of aryl methyl sites for hydroxylation is 2. The molecule has 3 aromatic rings. The summed E-state index contributed by atoms with van der Waals surface area (Å²) in [6.07, 6.45) is -0.377. The van der Waals surface area contributed by atoms with Gasteiger partial charge in [0.1, 0.15) is 13.2 Å². The number of Topliss-reactive ketones (excluding diaryl/α,β-unsaturated/α-hetero) is 1. The number of ketones is 1. The maximum Gasteiger partial charge on any atom is 0.264 e. The molecular weight excluding hydrogens is 498 g/mol. The number of rotatable bonds is 5. The Kier molecular flexibility index (Phi) is 5.70. The number of carbonyl (C=O) groups is 2. The number of benzene rings is 3. The normalized spacial score (nSPS) is 18.7. The highest BCUT2D eigenvalue weighted by molar-refractivity contribution is 9.10. The van der Waals surface area contributed by atoms with E-state index < -0.39 is 11.5 Å². The van der Waals surface area contributed by atoms with Crippen LogP contribution in [0, 0.1) is 13.8 Å². The lowest BCUT2D eigenvalue weighted by atomic mass is 9.88. The van der Waals surface area contributed by atoms with Crippen molar-refractivity contribution in [1.29, 1.82) is 0 Å². The molecule has 1 atom stereocenters. The maximum absolute atomic E-state index is 13.6.